The zero-order valence-corrected chi connectivity index (χ0v) is 21.8. The minimum absolute atomic E-state index is 0. The average Bonchev–Trinajstić information content (AvgIpc) is 2.25. The van der Waals surface area contributed by atoms with Crippen LogP contribution < -0.4 is 104 Å². The molecule has 0 aromatic heterocycles. The van der Waals surface area contributed by atoms with Gasteiger partial charge in [-0.3, -0.25) is 9.11 Å². The van der Waals surface area contributed by atoms with Crippen LogP contribution in [0.4, 0.5) is 0 Å². The largest absolute Gasteiger partial charge is 1.00 e. The standard InChI is InChI=1S/C6H8O7.C2H4O2.3Na.H2O4S2/c7-3(8)1-6(13,5(11)12)2-4(9)10;1-2(3)4;;;;1-5(2)6(3)4/h13H,1-2H2,(H,7,8)(H,9,10)(H,11,12);1H3,(H,3,4);;;;(H,1,2)(H,3,4)/q;;3*+1;/p-3. The van der Waals surface area contributed by atoms with Gasteiger partial charge in [-0.2, -0.15) is 0 Å². The van der Waals surface area contributed by atoms with Gasteiger partial charge in [0.15, 0.2) is 5.60 Å². The van der Waals surface area contributed by atoms with Crippen LogP contribution in [0, 0.1) is 0 Å². The number of carboxylic acid groups (broad SMARTS) is 4. The Balaban J connectivity index is -0.0000000655. The first-order valence-electron chi connectivity index (χ1n) is 4.91. The van der Waals surface area contributed by atoms with Crippen LogP contribution in [0.5, 0.6) is 0 Å². The minimum atomic E-state index is -2.86. The Kier molecular flexibility index (Phi) is 35.6. The SMILES string of the molecule is CC(=O)[O-].O=C([O-])CC(O)(CC(=O)[O-])C(=O)O.O=S(O)S(=O)O.[Na+].[Na+].[Na+]. The van der Waals surface area contributed by atoms with Crippen LogP contribution in [0.15, 0.2) is 0 Å². The van der Waals surface area contributed by atoms with Crippen molar-refractivity contribution in [2.24, 2.45) is 0 Å². The summed E-state index contributed by atoms with van der Waals surface area (Å²) >= 11 is 0. The second-order valence-electron chi connectivity index (χ2n) is 3.36. The van der Waals surface area contributed by atoms with Crippen LogP contribution in [0.1, 0.15) is 19.8 Å². The van der Waals surface area contributed by atoms with Gasteiger partial charge < -0.3 is 39.9 Å². The van der Waals surface area contributed by atoms with Crippen LogP contribution in [0.3, 0.4) is 0 Å². The molecule has 0 heterocycles. The Labute approximate surface area is 217 Å². The molecule has 0 saturated heterocycles. The third-order valence-electron chi connectivity index (χ3n) is 1.39. The molecule has 4 N–H and O–H groups in total. The molecule has 0 bridgehead atoms. The van der Waals surface area contributed by atoms with Gasteiger partial charge in [0.05, 0.1) is 0 Å². The summed E-state index contributed by atoms with van der Waals surface area (Å²) in [4.78, 5) is 39.1. The maximum atomic E-state index is 10.3. The Morgan fingerprint density at radius 3 is 1.12 bits per heavy atom. The number of aliphatic carboxylic acids is 4. The number of carbonyl (C=O) groups is 4. The molecular formula is C8H11Na3O13S2. The van der Waals surface area contributed by atoms with Gasteiger partial charge in [-0.15, -0.1) is 0 Å². The fourth-order valence-electron chi connectivity index (χ4n) is 0.691. The van der Waals surface area contributed by atoms with E-state index in [9.17, 15) is 33.0 Å². The molecule has 0 aliphatic rings. The van der Waals surface area contributed by atoms with Crippen LogP contribution >= 0.6 is 0 Å². The topological polar surface area (TPSA) is 253 Å². The van der Waals surface area contributed by atoms with Crippen molar-refractivity contribution in [3.63, 3.8) is 0 Å². The molecule has 0 amide bonds. The molecule has 0 saturated carbocycles. The third kappa shape index (κ3) is 32.7. The number of carbonyl (C=O) groups excluding carboxylic acids is 3. The molecule has 0 radical (unpaired) electrons. The van der Waals surface area contributed by atoms with Crippen molar-refractivity contribution >= 4 is 44.1 Å². The molecular weight excluding hydrogens is 437 g/mol. The van der Waals surface area contributed by atoms with Gasteiger partial charge in [-0.05, 0) is 6.92 Å². The van der Waals surface area contributed by atoms with Crippen molar-refractivity contribution in [2.45, 2.75) is 25.4 Å². The Morgan fingerprint density at radius 1 is 0.846 bits per heavy atom. The van der Waals surface area contributed by atoms with E-state index < -0.39 is 62.5 Å². The van der Waals surface area contributed by atoms with Crippen molar-refractivity contribution in [2.75, 3.05) is 0 Å². The summed E-state index contributed by atoms with van der Waals surface area (Å²) in [5.74, 6) is -6.74. The van der Waals surface area contributed by atoms with Crippen LogP contribution in [0.2, 0.25) is 0 Å². The first-order valence-corrected chi connectivity index (χ1v) is 7.64. The summed E-state index contributed by atoms with van der Waals surface area (Å²) in [5.41, 5.74) is -2.86. The summed E-state index contributed by atoms with van der Waals surface area (Å²) in [7, 11) is -5.18. The Morgan fingerprint density at radius 2 is 1.04 bits per heavy atom. The van der Waals surface area contributed by atoms with E-state index in [0.29, 0.717) is 0 Å². The molecule has 2 atom stereocenters. The zero-order chi connectivity index (χ0) is 19.4. The Bertz CT molecular complexity index is 466. The predicted octanol–water partition coefficient (Wildman–Crippen LogP) is -14.8. The van der Waals surface area contributed by atoms with E-state index in [1.807, 2.05) is 0 Å². The van der Waals surface area contributed by atoms with E-state index in [2.05, 4.69) is 0 Å². The van der Waals surface area contributed by atoms with Gasteiger partial charge in [0.1, 0.15) is 0 Å². The molecule has 0 rings (SSSR count). The fourth-order valence-corrected chi connectivity index (χ4v) is 0.691. The molecule has 2 unspecified atom stereocenters. The minimum Gasteiger partial charge on any atom is -0.550 e. The first kappa shape index (κ1) is 41.4. The maximum Gasteiger partial charge on any atom is 1.00 e. The number of carboxylic acids is 4. The van der Waals surface area contributed by atoms with E-state index in [0.717, 1.165) is 6.92 Å². The van der Waals surface area contributed by atoms with Crippen molar-refractivity contribution < 1.29 is 151 Å². The van der Waals surface area contributed by atoms with E-state index in [1.165, 1.54) is 0 Å². The maximum absolute atomic E-state index is 10.3. The molecule has 0 aliphatic carbocycles. The zero-order valence-electron chi connectivity index (χ0n) is 14.2. The van der Waals surface area contributed by atoms with Gasteiger partial charge in [-0.25, -0.2) is 13.2 Å². The first-order chi connectivity index (χ1) is 10.2. The summed E-state index contributed by atoms with van der Waals surface area (Å²) < 4.78 is 33.6. The summed E-state index contributed by atoms with van der Waals surface area (Å²) in [6.45, 7) is 0.972. The molecule has 0 aliphatic heterocycles. The van der Waals surface area contributed by atoms with Gasteiger partial charge >= 0.3 is 94.6 Å². The Hall–Kier alpha value is 1.06. The summed E-state index contributed by atoms with van der Waals surface area (Å²) in [5, 5.41) is 46.1. The van der Waals surface area contributed by atoms with E-state index in [-0.39, 0.29) is 88.7 Å². The third-order valence-corrected chi connectivity index (χ3v) is 2.37. The quantitative estimate of drug-likeness (QED) is 0.167. The van der Waals surface area contributed by atoms with Crippen LogP contribution in [-0.2, 0) is 39.4 Å². The van der Waals surface area contributed by atoms with E-state index >= 15 is 0 Å². The number of rotatable bonds is 6. The second-order valence-corrected chi connectivity index (χ2v) is 5.94. The number of hydrogen-bond donors (Lipinski definition) is 4. The van der Waals surface area contributed by atoms with Gasteiger partial charge in [0, 0.05) is 30.7 Å². The molecule has 18 heteroatoms. The van der Waals surface area contributed by atoms with Gasteiger partial charge in [0.25, 0.3) is 20.2 Å². The molecule has 0 aromatic carbocycles. The summed E-state index contributed by atoms with van der Waals surface area (Å²) in [6, 6.07) is 0. The number of hydrogen-bond acceptors (Lipinski definition) is 10. The van der Waals surface area contributed by atoms with Gasteiger partial charge in [-0.1, -0.05) is 0 Å². The summed E-state index contributed by atoms with van der Waals surface area (Å²) in [6.07, 6.45) is -2.59. The fraction of sp³-hybridized carbons (Fsp3) is 0.500. The van der Waals surface area contributed by atoms with Crippen LogP contribution in [0.25, 0.3) is 0 Å². The van der Waals surface area contributed by atoms with Crippen molar-refractivity contribution in [1.82, 2.24) is 0 Å². The molecule has 0 fully saturated rings. The molecule has 0 aromatic rings. The van der Waals surface area contributed by atoms with E-state index in [1.54, 1.807) is 0 Å². The average molecular weight is 448 g/mol. The van der Waals surface area contributed by atoms with Crippen molar-refractivity contribution in [3.8, 4) is 0 Å². The van der Waals surface area contributed by atoms with E-state index in [4.69, 9.17) is 29.2 Å². The van der Waals surface area contributed by atoms with Crippen molar-refractivity contribution in [3.05, 3.63) is 0 Å². The monoisotopic (exact) mass is 448 g/mol. The van der Waals surface area contributed by atoms with Crippen molar-refractivity contribution in [1.29, 1.82) is 0 Å². The molecule has 136 valence electrons. The van der Waals surface area contributed by atoms with Crippen LogP contribution in [-0.4, -0.2) is 57.2 Å². The normalized spacial score (nSPS) is 10.9. The van der Waals surface area contributed by atoms with Gasteiger partial charge in [0.2, 0.25) is 0 Å². The molecule has 0 spiro atoms. The smallest absolute Gasteiger partial charge is 0.550 e. The molecule has 13 nitrogen and oxygen atoms in total. The number of aliphatic hydroxyl groups is 1. The predicted molar refractivity (Wildman–Crippen MR) is 64.1 cm³/mol. The second kappa shape index (κ2) is 22.4. The molecule has 26 heavy (non-hydrogen) atoms.